The Morgan fingerprint density at radius 1 is 1.35 bits per heavy atom. The molecule has 0 radical (unpaired) electrons. The van der Waals surface area contributed by atoms with E-state index in [-0.39, 0.29) is 5.75 Å². The van der Waals surface area contributed by atoms with E-state index in [1.165, 1.54) is 0 Å². The third-order valence-corrected chi connectivity index (χ3v) is 4.18. The van der Waals surface area contributed by atoms with Crippen LogP contribution >= 0.6 is 15.9 Å². The first kappa shape index (κ1) is 14.5. The lowest BCUT2D eigenvalue weighted by atomic mass is 10.2. The average molecular weight is 321 g/mol. The molecule has 0 saturated carbocycles. The Morgan fingerprint density at radius 2 is 2.06 bits per heavy atom. The lowest BCUT2D eigenvalue weighted by molar-refractivity contribution is 0.597. The summed E-state index contributed by atoms with van der Waals surface area (Å²) in [6.07, 6.45) is 1.30. The minimum Gasteiger partial charge on any atom is -0.330 e. The summed E-state index contributed by atoms with van der Waals surface area (Å²) >= 11 is 3.32. The van der Waals surface area contributed by atoms with Gasteiger partial charge in [0.1, 0.15) is 0 Å². The number of unbranched alkanes of at least 4 members (excludes halogenated alkanes) is 1. The number of halogens is 1. The van der Waals surface area contributed by atoms with Gasteiger partial charge < -0.3 is 5.73 Å². The van der Waals surface area contributed by atoms with Crippen molar-refractivity contribution in [3.05, 3.63) is 28.2 Å². The lowest BCUT2D eigenvalue weighted by Gasteiger charge is -2.10. The number of sulfonamides is 1. The predicted octanol–water partition coefficient (Wildman–Crippen LogP) is 2.24. The number of aryl methyl sites for hydroxylation is 1. The van der Waals surface area contributed by atoms with E-state index in [1.807, 2.05) is 19.1 Å². The molecule has 4 nitrogen and oxygen atoms in total. The SMILES string of the molecule is Cc1ccc(Br)cc1NS(=O)(=O)CCCCN. The predicted molar refractivity (Wildman–Crippen MR) is 74.6 cm³/mol. The van der Waals surface area contributed by atoms with Crippen molar-refractivity contribution in [2.75, 3.05) is 17.0 Å². The van der Waals surface area contributed by atoms with Crippen LogP contribution in [0.2, 0.25) is 0 Å². The molecule has 0 heterocycles. The maximum atomic E-state index is 11.8. The molecule has 96 valence electrons. The van der Waals surface area contributed by atoms with E-state index in [0.29, 0.717) is 18.7 Å². The molecule has 0 aliphatic rings. The third-order valence-electron chi connectivity index (χ3n) is 2.33. The number of hydrogen-bond acceptors (Lipinski definition) is 3. The quantitative estimate of drug-likeness (QED) is 0.789. The van der Waals surface area contributed by atoms with Crippen molar-refractivity contribution in [2.45, 2.75) is 19.8 Å². The van der Waals surface area contributed by atoms with E-state index < -0.39 is 10.0 Å². The first-order chi connectivity index (χ1) is 7.94. The summed E-state index contributed by atoms with van der Waals surface area (Å²) < 4.78 is 27.0. The van der Waals surface area contributed by atoms with E-state index in [9.17, 15) is 8.42 Å². The molecule has 0 amide bonds. The second kappa shape index (κ2) is 6.37. The summed E-state index contributed by atoms with van der Waals surface area (Å²) in [7, 11) is -3.27. The maximum Gasteiger partial charge on any atom is 0.232 e. The molecule has 0 bridgehead atoms. The van der Waals surface area contributed by atoms with Crippen molar-refractivity contribution >= 4 is 31.6 Å². The van der Waals surface area contributed by atoms with E-state index in [2.05, 4.69) is 20.7 Å². The molecule has 0 spiro atoms. The number of nitrogens with one attached hydrogen (secondary N) is 1. The highest BCUT2D eigenvalue weighted by Gasteiger charge is 2.11. The molecule has 0 atom stereocenters. The zero-order valence-corrected chi connectivity index (χ0v) is 12.1. The molecule has 6 heteroatoms. The van der Waals surface area contributed by atoms with Crippen LogP contribution in [0.4, 0.5) is 5.69 Å². The van der Waals surface area contributed by atoms with E-state index in [0.717, 1.165) is 16.5 Å². The molecule has 0 unspecified atom stereocenters. The van der Waals surface area contributed by atoms with Gasteiger partial charge in [0.2, 0.25) is 10.0 Å². The van der Waals surface area contributed by atoms with Gasteiger partial charge in [0.25, 0.3) is 0 Å². The Kier molecular flexibility index (Phi) is 5.42. The highest BCUT2D eigenvalue weighted by molar-refractivity contribution is 9.10. The van der Waals surface area contributed by atoms with E-state index in [1.54, 1.807) is 6.07 Å². The lowest BCUT2D eigenvalue weighted by Crippen LogP contribution is -2.18. The zero-order valence-electron chi connectivity index (χ0n) is 9.74. The largest absolute Gasteiger partial charge is 0.330 e. The Bertz CT molecular complexity index is 474. The minimum atomic E-state index is -3.27. The number of rotatable bonds is 6. The average Bonchev–Trinajstić information content (AvgIpc) is 2.23. The Morgan fingerprint density at radius 3 is 2.71 bits per heavy atom. The molecule has 17 heavy (non-hydrogen) atoms. The number of benzene rings is 1. The van der Waals surface area contributed by atoms with Crippen LogP contribution in [0.5, 0.6) is 0 Å². The number of anilines is 1. The van der Waals surface area contributed by atoms with Gasteiger partial charge in [-0.25, -0.2) is 8.42 Å². The van der Waals surface area contributed by atoms with Crippen LogP contribution in [0.1, 0.15) is 18.4 Å². The van der Waals surface area contributed by atoms with Crippen molar-refractivity contribution in [1.82, 2.24) is 0 Å². The second-order valence-electron chi connectivity index (χ2n) is 3.88. The molecule has 0 aliphatic carbocycles. The van der Waals surface area contributed by atoms with Crippen molar-refractivity contribution in [3.63, 3.8) is 0 Å². The van der Waals surface area contributed by atoms with Gasteiger partial charge in [-0.3, -0.25) is 4.72 Å². The summed E-state index contributed by atoms with van der Waals surface area (Å²) in [6.45, 7) is 2.38. The van der Waals surface area contributed by atoms with Crippen molar-refractivity contribution in [1.29, 1.82) is 0 Å². The van der Waals surface area contributed by atoms with Gasteiger partial charge in [-0.1, -0.05) is 22.0 Å². The first-order valence-corrected chi connectivity index (χ1v) is 7.86. The van der Waals surface area contributed by atoms with Gasteiger partial charge in [0.05, 0.1) is 11.4 Å². The van der Waals surface area contributed by atoms with Gasteiger partial charge in [-0.2, -0.15) is 0 Å². The highest BCUT2D eigenvalue weighted by Crippen LogP contribution is 2.21. The standard InChI is InChI=1S/C11H17BrN2O2S/c1-9-4-5-10(12)8-11(9)14-17(15,16)7-3-2-6-13/h4-5,8,14H,2-3,6-7,13H2,1H3. The van der Waals surface area contributed by atoms with Gasteiger partial charge in [0, 0.05) is 4.47 Å². The molecule has 3 N–H and O–H groups in total. The Balaban J connectivity index is 2.72. The molecule has 1 aromatic carbocycles. The smallest absolute Gasteiger partial charge is 0.232 e. The molecule has 0 aromatic heterocycles. The van der Waals surface area contributed by atoms with E-state index in [4.69, 9.17) is 5.73 Å². The summed E-state index contributed by atoms with van der Waals surface area (Å²) in [4.78, 5) is 0. The minimum absolute atomic E-state index is 0.107. The van der Waals surface area contributed by atoms with Crippen molar-refractivity contribution in [2.24, 2.45) is 5.73 Å². The fraction of sp³-hybridized carbons (Fsp3) is 0.455. The first-order valence-electron chi connectivity index (χ1n) is 5.41. The van der Waals surface area contributed by atoms with Crippen molar-refractivity contribution in [3.8, 4) is 0 Å². The molecule has 0 aliphatic heterocycles. The molecule has 1 rings (SSSR count). The molecule has 1 aromatic rings. The maximum absolute atomic E-state index is 11.8. The second-order valence-corrected chi connectivity index (χ2v) is 6.63. The monoisotopic (exact) mass is 320 g/mol. The molecular formula is C11H17BrN2O2S. The van der Waals surface area contributed by atoms with Crippen LogP contribution in [-0.4, -0.2) is 20.7 Å². The van der Waals surface area contributed by atoms with Crippen LogP contribution < -0.4 is 10.5 Å². The highest BCUT2D eigenvalue weighted by atomic mass is 79.9. The van der Waals surface area contributed by atoms with Crippen LogP contribution in [0, 0.1) is 6.92 Å². The topological polar surface area (TPSA) is 72.2 Å². The fourth-order valence-electron chi connectivity index (χ4n) is 1.36. The normalized spacial score (nSPS) is 11.5. The summed E-state index contributed by atoms with van der Waals surface area (Å²) in [5.74, 6) is 0.107. The van der Waals surface area contributed by atoms with Crippen molar-refractivity contribution < 1.29 is 8.42 Å². The number of hydrogen-bond donors (Lipinski definition) is 2. The van der Waals surface area contributed by atoms with Crippen LogP contribution in [0.3, 0.4) is 0 Å². The fourth-order valence-corrected chi connectivity index (χ4v) is 2.96. The van der Waals surface area contributed by atoms with Crippen LogP contribution in [0.15, 0.2) is 22.7 Å². The van der Waals surface area contributed by atoms with Gasteiger partial charge in [-0.15, -0.1) is 0 Å². The Hall–Kier alpha value is -0.590. The number of nitrogens with two attached hydrogens (primary N) is 1. The van der Waals surface area contributed by atoms with Gasteiger partial charge in [-0.05, 0) is 44.0 Å². The van der Waals surface area contributed by atoms with Gasteiger partial charge in [0.15, 0.2) is 0 Å². The third kappa shape index (κ3) is 5.06. The zero-order chi connectivity index (χ0) is 12.9. The molecular weight excluding hydrogens is 304 g/mol. The van der Waals surface area contributed by atoms with Gasteiger partial charge >= 0.3 is 0 Å². The Labute approximate surface area is 111 Å². The summed E-state index contributed by atoms with van der Waals surface area (Å²) in [5, 5.41) is 0. The van der Waals surface area contributed by atoms with E-state index >= 15 is 0 Å². The van der Waals surface area contributed by atoms with Crippen LogP contribution in [0.25, 0.3) is 0 Å². The molecule has 0 fully saturated rings. The summed E-state index contributed by atoms with van der Waals surface area (Å²) in [6, 6.07) is 5.50. The molecule has 0 saturated heterocycles. The summed E-state index contributed by atoms with van der Waals surface area (Å²) in [5.41, 5.74) is 6.85. The van der Waals surface area contributed by atoms with Crippen LogP contribution in [-0.2, 0) is 10.0 Å².